The molecule has 4 aromatic heterocycles. The lowest BCUT2D eigenvalue weighted by atomic mass is 10.2. The lowest BCUT2D eigenvalue weighted by Crippen LogP contribution is -2.43. The van der Waals surface area contributed by atoms with Gasteiger partial charge in [-0.25, -0.2) is 9.50 Å². The summed E-state index contributed by atoms with van der Waals surface area (Å²) in [6.07, 6.45) is 5.69. The average Bonchev–Trinajstić information content (AvgIpc) is 3.18. The highest BCUT2D eigenvalue weighted by Gasteiger charge is 2.15. The molecule has 8 heteroatoms. The number of hydrogen-bond donors (Lipinski definition) is 1. The van der Waals surface area contributed by atoms with Crippen LogP contribution in [0.1, 0.15) is 24.7 Å². The first-order valence-electron chi connectivity index (χ1n) is 10.5. The number of rotatable bonds is 4. The lowest BCUT2D eigenvalue weighted by molar-refractivity contribution is 0.588. The van der Waals surface area contributed by atoms with Crippen molar-refractivity contribution in [1.82, 2.24) is 29.3 Å². The molecule has 0 aromatic carbocycles. The van der Waals surface area contributed by atoms with Gasteiger partial charge in [0.05, 0.1) is 34.5 Å². The van der Waals surface area contributed by atoms with E-state index in [4.69, 9.17) is 4.98 Å². The molecule has 1 aliphatic heterocycles. The van der Waals surface area contributed by atoms with E-state index in [9.17, 15) is 4.79 Å². The Morgan fingerprint density at radius 1 is 1.07 bits per heavy atom. The SMILES string of the molecule is CCCc1nc(C)cn2nc(-c3cc(=O)n4cc(N5CCNCC5)ccc4n3)cc12. The molecule has 0 radical (unpaired) electrons. The zero-order valence-electron chi connectivity index (χ0n) is 17.3. The Labute approximate surface area is 174 Å². The molecule has 5 heterocycles. The maximum Gasteiger partial charge on any atom is 0.258 e. The number of nitrogens with zero attached hydrogens (tertiary/aromatic N) is 6. The summed E-state index contributed by atoms with van der Waals surface area (Å²) in [7, 11) is 0. The average molecular weight is 403 g/mol. The maximum atomic E-state index is 12.9. The Morgan fingerprint density at radius 2 is 1.90 bits per heavy atom. The predicted octanol–water partition coefficient (Wildman–Crippen LogP) is 2.07. The zero-order valence-corrected chi connectivity index (χ0v) is 17.3. The molecule has 0 atom stereocenters. The van der Waals surface area contributed by atoms with E-state index >= 15 is 0 Å². The predicted molar refractivity (Wildman–Crippen MR) is 117 cm³/mol. The molecule has 1 saturated heterocycles. The van der Waals surface area contributed by atoms with Gasteiger partial charge in [-0.2, -0.15) is 5.10 Å². The first kappa shape index (κ1) is 18.7. The lowest BCUT2D eigenvalue weighted by Gasteiger charge is -2.29. The molecule has 1 aliphatic rings. The largest absolute Gasteiger partial charge is 0.368 e. The number of anilines is 1. The van der Waals surface area contributed by atoms with Crippen LogP contribution in [0.2, 0.25) is 0 Å². The molecule has 1 N–H and O–H groups in total. The van der Waals surface area contributed by atoms with Crippen molar-refractivity contribution >= 4 is 16.9 Å². The van der Waals surface area contributed by atoms with Crippen LogP contribution in [-0.2, 0) is 6.42 Å². The Hall–Kier alpha value is -3.26. The molecule has 8 nitrogen and oxygen atoms in total. The van der Waals surface area contributed by atoms with E-state index in [0.29, 0.717) is 17.0 Å². The number of nitrogens with one attached hydrogen (secondary N) is 1. The normalized spacial score (nSPS) is 14.7. The van der Waals surface area contributed by atoms with Crippen molar-refractivity contribution in [2.24, 2.45) is 0 Å². The monoisotopic (exact) mass is 403 g/mol. The van der Waals surface area contributed by atoms with Gasteiger partial charge in [-0.3, -0.25) is 14.2 Å². The van der Waals surface area contributed by atoms with E-state index in [2.05, 4.69) is 27.2 Å². The maximum absolute atomic E-state index is 12.9. The van der Waals surface area contributed by atoms with Crippen LogP contribution in [0.3, 0.4) is 0 Å². The van der Waals surface area contributed by atoms with Gasteiger partial charge < -0.3 is 10.2 Å². The van der Waals surface area contributed by atoms with Crippen molar-refractivity contribution in [2.45, 2.75) is 26.7 Å². The fourth-order valence-electron chi connectivity index (χ4n) is 4.06. The topological polar surface area (TPSA) is 79.8 Å². The minimum absolute atomic E-state index is 0.105. The minimum Gasteiger partial charge on any atom is -0.368 e. The van der Waals surface area contributed by atoms with Crippen LogP contribution >= 0.6 is 0 Å². The van der Waals surface area contributed by atoms with Crippen LogP contribution in [0.4, 0.5) is 5.69 Å². The van der Waals surface area contributed by atoms with Crippen molar-refractivity contribution in [3.05, 3.63) is 58.4 Å². The molecule has 0 bridgehead atoms. The molecule has 0 unspecified atom stereocenters. The highest BCUT2D eigenvalue weighted by Crippen LogP contribution is 2.21. The van der Waals surface area contributed by atoms with Gasteiger partial charge in [0.1, 0.15) is 11.3 Å². The van der Waals surface area contributed by atoms with Gasteiger partial charge in [0.2, 0.25) is 0 Å². The fraction of sp³-hybridized carbons (Fsp3) is 0.364. The summed E-state index contributed by atoms with van der Waals surface area (Å²) in [5, 5.41) is 8.03. The summed E-state index contributed by atoms with van der Waals surface area (Å²) in [5.74, 6) is 0. The Morgan fingerprint density at radius 3 is 2.70 bits per heavy atom. The number of piperazine rings is 1. The smallest absolute Gasteiger partial charge is 0.258 e. The highest BCUT2D eigenvalue weighted by molar-refractivity contribution is 5.66. The number of pyridine rings is 1. The molecule has 1 fully saturated rings. The van der Waals surface area contributed by atoms with Gasteiger partial charge in [-0.05, 0) is 31.5 Å². The van der Waals surface area contributed by atoms with Gasteiger partial charge in [-0.15, -0.1) is 0 Å². The van der Waals surface area contributed by atoms with Crippen molar-refractivity contribution in [2.75, 3.05) is 31.1 Å². The Balaban J connectivity index is 1.58. The highest BCUT2D eigenvalue weighted by atomic mass is 16.1. The second-order valence-corrected chi connectivity index (χ2v) is 7.77. The van der Waals surface area contributed by atoms with Crippen molar-refractivity contribution in [1.29, 1.82) is 0 Å². The second-order valence-electron chi connectivity index (χ2n) is 7.77. The van der Waals surface area contributed by atoms with Gasteiger partial charge in [-0.1, -0.05) is 13.3 Å². The number of fused-ring (bicyclic) bond motifs is 2. The molecule has 0 spiro atoms. The van der Waals surface area contributed by atoms with E-state index < -0.39 is 0 Å². The van der Waals surface area contributed by atoms with Crippen molar-refractivity contribution in [3.8, 4) is 11.4 Å². The van der Waals surface area contributed by atoms with Gasteiger partial charge in [0, 0.05) is 38.4 Å². The van der Waals surface area contributed by atoms with Crippen molar-refractivity contribution < 1.29 is 0 Å². The van der Waals surface area contributed by atoms with Crippen molar-refractivity contribution in [3.63, 3.8) is 0 Å². The van der Waals surface area contributed by atoms with Crippen LogP contribution in [0.25, 0.3) is 22.6 Å². The molecular weight excluding hydrogens is 378 g/mol. The first-order chi connectivity index (χ1) is 14.6. The zero-order chi connectivity index (χ0) is 20.7. The number of aryl methyl sites for hydroxylation is 2. The van der Waals surface area contributed by atoms with E-state index in [1.807, 2.05) is 42.0 Å². The molecule has 0 aliphatic carbocycles. The van der Waals surface area contributed by atoms with Crippen LogP contribution in [-0.4, -0.2) is 50.2 Å². The molecule has 5 rings (SSSR count). The first-order valence-corrected chi connectivity index (χ1v) is 10.5. The standard InChI is InChI=1S/C22H25N7O/c1-3-4-17-20-11-19(26-29(20)13-15(2)24-17)18-12-22(30)28-14-16(5-6-21(28)25-18)27-9-7-23-8-10-27/h5-6,11-14,23H,3-4,7-10H2,1-2H3. The van der Waals surface area contributed by atoms with Gasteiger partial charge in [0.15, 0.2) is 0 Å². The van der Waals surface area contributed by atoms with E-state index in [-0.39, 0.29) is 5.56 Å². The molecule has 154 valence electrons. The minimum atomic E-state index is -0.105. The van der Waals surface area contributed by atoms with Crippen LogP contribution < -0.4 is 15.8 Å². The second kappa shape index (κ2) is 7.53. The molecule has 0 saturated carbocycles. The molecular formula is C22H25N7O. The molecule has 30 heavy (non-hydrogen) atoms. The quantitative estimate of drug-likeness (QED) is 0.562. The third-order valence-corrected chi connectivity index (χ3v) is 5.53. The third-order valence-electron chi connectivity index (χ3n) is 5.53. The summed E-state index contributed by atoms with van der Waals surface area (Å²) >= 11 is 0. The van der Waals surface area contributed by atoms with E-state index in [0.717, 1.165) is 61.6 Å². The summed E-state index contributed by atoms with van der Waals surface area (Å²) in [5.41, 5.74) is 5.74. The Bertz CT molecular complexity index is 1280. The van der Waals surface area contributed by atoms with Crippen LogP contribution in [0.15, 0.2) is 41.5 Å². The number of hydrogen-bond acceptors (Lipinski definition) is 6. The summed E-state index contributed by atoms with van der Waals surface area (Å²) < 4.78 is 3.46. The van der Waals surface area contributed by atoms with E-state index in [1.165, 1.54) is 0 Å². The van der Waals surface area contributed by atoms with E-state index in [1.54, 1.807) is 10.5 Å². The summed E-state index contributed by atoms with van der Waals surface area (Å²) in [6, 6.07) is 7.49. The third kappa shape index (κ3) is 3.33. The summed E-state index contributed by atoms with van der Waals surface area (Å²) in [4.78, 5) is 24.6. The van der Waals surface area contributed by atoms with Crippen LogP contribution in [0, 0.1) is 6.92 Å². The molecule has 4 aromatic rings. The fourth-order valence-corrected chi connectivity index (χ4v) is 4.06. The Kier molecular flexibility index (Phi) is 4.71. The number of aromatic nitrogens is 5. The molecule has 0 amide bonds. The van der Waals surface area contributed by atoms with Gasteiger partial charge in [0.25, 0.3) is 5.56 Å². The summed E-state index contributed by atoms with van der Waals surface area (Å²) in [6.45, 7) is 7.87. The van der Waals surface area contributed by atoms with Crippen LogP contribution in [0.5, 0.6) is 0 Å². The van der Waals surface area contributed by atoms with Gasteiger partial charge >= 0.3 is 0 Å².